The van der Waals surface area contributed by atoms with Gasteiger partial charge in [-0.15, -0.1) is 11.3 Å². The number of anilines is 1. The van der Waals surface area contributed by atoms with E-state index >= 15 is 0 Å². The average molecular weight is 519 g/mol. The van der Waals surface area contributed by atoms with Crippen molar-refractivity contribution in [3.8, 4) is 6.07 Å². The molecule has 0 aliphatic carbocycles. The summed E-state index contributed by atoms with van der Waals surface area (Å²) in [7, 11) is 1.56. The van der Waals surface area contributed by atoms with Crippen molar-refractivity contribution in [2.75, 3.05) is 25.1 Å². The number of nitrogens with zero attached hydrogens (tertiary/aromatic N) is 5. The lowest BCUT2D eigenvalue weighted by atomic mass is 10.1. The van der Waals surface area contributed by atoms with E-state index in [1.165, 1.54) is 10.9 Å². The summed E-state index contributed by atoms with van der Waals surface area (Å²) in [6.45, 7) is 7.14. The van der Waals surface area contributed by atoms with E-state index < -0.39 is 0 Å². The molecule has 10 heteroatoms. The highest BCUT2D eigenvalue weighted by Gasteiger charge is 2.29. The van der Waals surface area contributed by atoms with Crippen LogP contribution in [0, 0.1) is 11.3 Å². The number of carbonyl (C=O) groups is 1. The fraction of sp³-hybridized carbons (Fsp3) is 0.333. The summed E-state index contributed by atoms with van der Waals surface area (Å²) >= 11 is 1.57. The van der Waals surface area contributed by atoms with Crippen LogP contribution in [0.15, 0.2) is 64.8 Å². The van der Waals surface area contributed by atoms with Gasteiger partial charge in [0.2, 0.25) is 0 Å². The Morgan fingerprint density at radius 2 is 2.27 bits per heavy atom. The van der Waals surface area contributed by atoms with Crippen molar-refractivity contribution in [1.29, 1.82) is 5.26 Å². The summed E-state index contributed by atoms with van der Waals surface area (Å²) < 4.78 is 8.21. The van der Waals surface area contributed by atoms with Gasteiger partial charge in [-0.1, -0.05) is 24.8 Å². The topological polar surface area (TPSA) is 119 Å². The van der Waals surface area contributed by atoms with Gasteiger partial charge in [0, 0.05) is 29.6 Å². The van der Waals surface area contributed by atoms with E-state index in [4.69, 9.17) is 10.5 Å². The van der Waals surface area contributed by atoms with Crippen molar-refractivity contribution in [1.82, 2.24) is 14.1 Å². The van der Waals surface area contributed by atoms with Crippen LogP contribution in [0.5, 0.6) is 0 Å². The molecule has 0 spiro atoms. The predicted molar refractivity (Wildman–Crippen MR) is 146 cm³/mol. The van der Waals surface area contributed by atoms with Gasteiger partial charge in [0.1, 0.15) is 28.5 Å². The third-order valence-electron chi connectivity index (χ3n) is 6.39. The van der Waals surface area contributed by atoms with E-state index in [0.29, 0.717) is 41.3 Å². The summed E-state index contributed by atoms with van der Waals surface area (Å²) in [6.07, 6.45) is 8.10. The van der Waals surface area contributed by atoms with Crippen LogP contribution in [0.1, 0.15) is 30.2 Å². The second-order valence-electron chi connectivity index (χ2n) is 8.99. The van der Waals surface area contributed by atoms with Crippen LogP contribution in [0.3, 0.4) is 0 Å². The van der Waals surface area contributed by atoms with Crippen molar-refractivity contribution in [2.45, 2.75) is 38.9 Å². The summed E-state index contributed by atoms with van der Waals surface area (Å²) in [5, 5.41) is 12.1. The molecule has 9 nitrogen and oxygen atoms in total. The molecule has 0 bridgehead atoms. The molecular weight excluding hydrogens is 488 g/mol. The number of hydrogen-bond acceptors (Lipinski definition) is 8. The molecule has 4 rings (SSSR count). The van der Waals surface area contributed by atoms with Gasteiger partial charge in [0.25, 0.3) is 5.56 Å². The van der Waals surface area contributed by atoms with Gasteiger partial charge in [-0.3, -0.25) is 14.2 Å². The van der Waals surface area contributed by atoms with Crippen molar-refractivity contribution < 1.29 is 9.53 Å². The number of hydrogen-bond donors (Lipinski definition) is 1. The highest BCUT2D eigenvalue weighted by Crippen LogP contribution is 2.32. The molecule has 37 heavy (non-hydrogen) atoms. The molecule has 1 atom stereocenters. The zero-order chi connectivity index (χ0) is 26.5. The van der Waals surface area contributed by atoms with E-state index in [1.54, 1.807) is 43.6 Å². The van der Waals surface area contributed by atoms with Gasteiger partial charge >= 0.3 is 0 Å². The number of ether oxygens (including phenoxy) is 1. The van der Waals surface area contributed by atoms with E-state index in [9.17, 15) is 14.9 Å². The molecular formula is C27H30N6O3S. The maximum absolute atomic E-state index is 13.7. The lowest BCUT2D eigenvalue weighted by Crippen LogP contribution is -2.44. The van der Waals surface area contributed by atoms with Crippen LogP contribution in [0.25, 0.3) is 11.0 Å². The number of Topliss-reactive ketones (excluding diaryl/α,β-unsaturated/α-hetero) is 1. The molecule has 0 unspecified atom stereocenters. The number of aromatic nitrogens is 3. The molecule has 3 aromatic heterocycles. The fourth-order valence-electron chi connectivity index (χ4n) is 4.43. The van der Waals surface area contributed by atoms with Crippen LogP contribution in [0.2, 0.25) is 0 Å². The molecule has 3 aromatic rings. The number of allylic oxidation sites excluding steroid dienone is 5. The van der Waals surface area contributed by atoms with Crippen LogP contribution in [-0.2, 0) is 22.6 Å². The molecule has 2 N–H and O–H groups in total. The first-order valence-electron chi connectivity index (χ1n) is 12.0. The number of carbonyl (C=O) groups excluding carboxylic acids is 1. The maximum Gasteiger partial charge on any atom is 0.278 e. The van der Waals surface area contributed by atoms with Gasteiger partial charge in [0.15, 0.2) is 5.78 Å². The minimum absolute atomic E-state index is 0.0164. The van der Waals surface area contributed by atoms with E-state index in [0.717, 1.165) is 24.3 Å². The lowest BCUT2D eigenvalue weighted by molar-refractivity contribution is -0.115. The normalized spacial score (nSPS) is 16.3. The van der Waals surface area contributed by atoms with E-state index in [-0.39, 0.29) is 29.5 Å². The SMILES string of the molecule is C=C(/C=C\C=C(/C)OC)C(=O)Cn1cnc2c(C#N)c(N3CCC[C@@H](N)C3)n(Cc3cccs3)c2c1=O. The van der Waals surface area contributed by atoms with Crippen molar-refractivity contribution in [2.24, 2.45) is 5.73 Å². The number of thiophene rings is 1. The van der Waals surface area contributed by atoms with Crippen LogP contribution in [0.4, 0.5) is 5.82 Å². The maximum atomic E-state index is 13.7. The molecule has 1 saturated heterocycles. The first-order chi connectivity index (χ1) is 17.8. The molecule has 1 aliphatic rings. The largest absolute Gasteiger partial charge is 0.501 e. The highest BCUT2D eigenvalue weighted by molar-refractivity contribution is 7.09. The molecule has 0 saturated carbocycles. The number of rotatable bonds is 9. The van der Waals surface area contributed by atoms with Crippen molar-refractivity contribution in [3.05, 3.63) is 80.8 Å². The Bertz CT molecular complexity index is 1470. The lowest BCUT2D eigenvalue weighted by Gasteiger charge is -2.33. The second-order valence-corrected chi connectivity index (χ2v) is 10.0. The fourth-order valence-corrected chi connectivity index (χ4v) is 5.12. The van der Waals surface area contributed by atoms with Crippen molar-refractivity contribution >= 4 is 34.0 Å². The minimum atomic E-state index is -0.383. The molecule has 1 aliphatic heterocycles. The molecule has 0 radical (unpaired) electrons. The van der Waals surface area contributed by atoms with Gasteiger partial charge in [-0.05, 0) is 37.3 Å². The van der Waals surface area contributed by atoms with Crippen LogP contribution >= 0.6 is 11.3 Å². The third kappa shape index (κ3) is 5.58. The summed E-state index contributed by atoms with van der Waals surface area (Å²) in [5.74, 6) is 1.03. The zero-order valence-corrected chi connectivity index (χ0v) is 21.8. The Morgan fingerprint density at radius 3 is 2.95 bits per heavy atom. The quantitative estimate of drug-likeness (QED) is 0.262. The monoisotopic (exact) mass is 518 g/mol. The number of piperidine rings is 1. The highest BCUT2D eigenvalue weighted by atomic mass is 32.1. The molecule has 192 valence electrons. The van der Waals surface area contributed by atoms with Crippen LogP contribution < -0.4 is 16.2 Å². The predicted octanol–water partition coefficient (Wildman–Crippen LogP) is 3.34. The number of nitrogens with two attached hydrogens (primary N) is 1. The summed E-state index contributed by atoms with van der Waals surface area (Å²) in [4.78, 5) is 34.2. The minimum Gasteiger partial charge on any atom is -0.501 e. The van der Waals surface area contributed by atoms with Crippen molar-refractivity contribution in [3.63, 3.8) is 0 Å². The standard InChI is InChI=1S/C27H30N6O3S/c1-18(7-4-8-19(2)36-3)23(34)16-32-17-30-24-22(13-28)26(31-11-5-9-20(29)14-31)33(25(24)27(32)35)15-21-10-6-12-37-21/h4,6-8,10,12,17,20H,1,5,9,11,14-16,29H2,2-3H3/b7-4-,19-8+/t20-/m1/s1. The zero-order valence-electron chi connectivity index (χ0n) is 21.0. The van der Waals surface area contributed by atoms with Crippen LogP contribution in [-0.4, -0.2) is 46.1 Å². The van der Waals surface area contributed by atoms with Gasteiger partial charge in [-0.2, -0.15) is 5.26 Å². The second kappa shape index (κ2) is 11.4. The van der Waals surface area contributed by atoms with Gasteiger partial charge in [-0.25, -0.2) is 4.98 Å². The third-order valence-corrected chi connectivity index (χ3v) is 7.25. The number of ketones is 1. The number of methoxy groups -OCH3 is 1. The molecule has 1 fully saturated rings. The number of nitriles is 1. The Labute approximate surface area is 219 Å². The summed E-state index contributed by atoms with van der Waals surface area (Å²) in [6, 6.07) is 6.20. The smallest absolute Gasteiger partial charge is 0.278 e. The van der Waals surface area contributed by atoms with Gasteiger partial charge in [0.05, 0.1) is 32.3 Å². The Balaban J connectivity index is 1.77. The Hall–Kier alpha value is -3.94. The molecule has 4 heterocycles. The Morgan fingerprint density at radius 1 is 1.46 bits per heavy atom. The Kier molecular flexibility index (Phi) is 8.06. The average Bonchev–Trinajstić information content (AvgIpc) is 3.51. The van der Waals surface area contributed by atoms with E-state index in [2.05, 4.69) is 22.5 Å². The van der Waals surface area contributed by atoms with E-state index in [1.807, 2.05) is 22.1 Å². The molecule has 0 aromatic carbocycles. The number of fused-ring (bicyclic) bond motifs is 1. The first kappa shape index (κ1) is 26.1. The molecule has 0 amide bonds. The van der Waals surface area contributed by atoms with Gasteiger partial charge < -0.3 is 19.9 Å². The first-order valence-corrected chi connectivity index (χ1v) is 12.9. The summed E-state index contributed by atoms with van der Waals surface area (Å²) in [5.41, 5.74) is 7.11.